The molecule has 0 spiro atoms. The molecule has 1 saturated heterocycles. The molecule has 1 aliphatic rings. The predicted octanol–water partition coefficient (Wildman–Crippen LogP) is 2.20. The van der Waals surface area contributed by atoms with E-state index in [1.54, 1.807) is 0 Å². The van der Waals surface area contributed by atoms with E-state index in [0.29, 0.717) is 13.2 Å². The zero-order valence-corrected chi connectivity index (χ0v) is 11.1. The van der Waals surface area contributed by atoms with Gasteiger partial charge in [0.15, 0.2) is 8.38 Å². The second-order valence-corrected chi connectivity index (χ2v) is 7.18. The molecule has 1 fully saturated rings. The van der Waals surface area contributed by atoms with E-state index >= 15 is 0 Å². The highest BCUT2D eigenvalue weighted by atomic mass is 31.2. The average molecular weight is 256 g/mol. The van der Waals surface area contributed by atoms with E-state index in [1.807, 2.05) is 13.6 Å². The Morgan fingerprint density at radius 2 is 2.07 bits per heavy atom. The van der Waals surface area contributed by atoms with Crippen LogP contribution in [0.15, 0.2) is 0 Å². The first kappa shape index (κ1) is 13.6. The minimum Gasteiger partial charge on any atom is -0.333 e. The zero-order valence-electron chi connectivity index (χ0n) is 9.30. The second kappa shape index (κ2) is 5.22. The van der Waals surface area contributed by atoms with Crippen LogP contribution in [0.1, 0.15) is 13.3 Å². The van der Waals surface area contributed by atoms with Gasteiger partial charge in [0.05, 0.1) is 19.8 Å². The quantitative estimate of drug-likeness (QED) is 0.781. The van der Waals surface area contributed by atoms with Crippen molar-refractivity contribution in [2.75, 3.05) is 33.2 Å². The van der Waals surface area contributed by atoms with Crippen LogP contribution in [0.2, 0.25) is 0 Å². The van der Waals surface area contributed by atoms with Crippen LogP contribution in [0.25, 0.3) is 0 Å². The maximum absolute atomic E-state index is 11.0. The normalized spacial score (nSPS) is 36.1. The Bertz CT molecular complexity index is 243. The van der Waals surface area contributed by atoms with Crippen molar-refractivity contribution in [2.45, 2.75) is 13.3 Å². The molecule has 0 aromatic carbocycles. The smallest absolute Gasteiger partial charge is 0.325 e. The monoisotopic (exact) mass is 256 g/mol. The van der Waals surface area contributed by atoms with Gasteiger partial charge in [0.1, 0.15) is 0 Å². The molecule has 0 aromatic rings. The highest BCUT2D eigenvalue weighted by molar-refractivity contribution is 7.51. The largest absolute Gasteiger partial charge is 0.333 e. The van der Waals surface area contributed by atoms with Crippen molar-refractivity contribution < 1.29 is 23.0 Å². The minimum absolute atomic E-state index is 0.205. The van der Waals surface area contributed by atoms with Gasteiger partial charge in [-0.1, -0.05) is 6.92 Å². The third-order valence-electron chi connectivity index (χ3n) is 2.47. The lowest BCUT2D eigenvalue weighted by molar-refractivity contribution is -0.00426. The van der Waals surface area contributed by atoms with Crippen molar-refractivity contribution >= 4 is 16.0 Å². The molecule has 0 saturated carbocycles. The fraction of sp³-hybridized carbons (Fsp3) is 1.00. The molecule has 0 bridgehead atoms. The lowest BCUT2D eigenvalue weighted by Crippen LogP contribution is -2.38. The third-order valence-corrected chi connectivity index (χ3v) is 4.06. The number of hydrogen-bond donors (Lipinski definition) is 1. The Labute approximate surface area is 91.6 Å². The van der Waals surface area contributed by atoms with Crippen molar-refractivity contribution in [3.8, 4) is 0 Å². The van der Waals surface area contributed by atoms with E-state index in [9.17, 15) is 4.57 Å². The van der Waals surface area contributed by atoms with E-state index in [1.165, 1.54) is 6.66 Å². The average Bonchev–Trinajstić information content (AvgIpc) is 2.17. The van der Waals surface area contributed by atoms with Crippen LogP contribution in [0, 0.1) is 5.41 Å². The Balaban J connectivity index is 2.50. The Morgan fingerprint density at radius 3 is 2.47 bits per heavy atom. The van der Waals surface area contributed by atoms with Crippen LogP contribution < -0.4 is 0 Å². The van der Waals surface area contributed by atoms with Crippen LogP contribution in [0.5, 0.6) is 0 Å². The molecule has 1 rings (SSSR count). The van der Waals surface area contributed by atoms with E-state index in [-0.39, 0.29) is 12.0 Å². The minimum atomic E-state index is -3.41. The Morgan fingerprint density at radius 1 is 1.53 bits per heavy atom. The molecule has 15 heavy (non-hydrogen) atoms. The van der Waals surface area contributed by atoms with Crippen LogP contribution >= 0.6 is 16.0 Å². The number of hydrogen-bond acceptors (Lipinski definition) is 4. The molecule has 5 nitrogen and oxygen atoms in total. The molecule has 7 heteroatoms. The summed E-state index contributed by atoms with van der Waals surface area (Å²) < 4.78 is 26.9. The van der Waals surface area contributed by atoms with Gasteiger partial charge in [-0.05, 0) is 6.42 Å². The molecule has 0 amide bonds. The summed E-state index contributed by atoms with van der Waals surface area (Å²) in [4.78, 5) is 9.07. The number of rotatable bonds is 4. The fourth-order valence-corrected chi connectivity index (χ4v) is 2.68. The van der Waals surface area contributed by atoms with Gasteiger partial charge in [-0.15, -0.1) is 0 Å². The maximum atomic E-state index is 11.0. The third kappa shape index (κ3) is 4.48. The standard InChI is InChI=1S/C8H18O5P2/c1-4-8(7-13-15(3,9)10)5-11-14(2)12-6-8/h4-7H2,1-3H3,(H,9,10). The van der Waals surface area contributed by atoms with Crippen molar-refractivity contribution in [1.29, 1.82) is 0 Å². The predicted molar refractivity (Wildman–Crippen MR) is 59.2 cm³/mol. The molecule has 1 atom stereocenters. The van der Waals surface area contributed by atoms with Crippen molar-refractivity contribution in [2.24, 2.45) is 5.41 Å². The van der Waals surface area contributed by atoms with E-state index in [4.69, 9.17) is 18.5 Å². The molecule has 1 heterocycles. The van der Waals surface area contributed by atoms with Crippen LogP contribution in [0.3, 0.4) is 0 Å². The lowest BCUT2D eigenvalue weighted by Gasteiger charge is -2.37. The first-order valence-corrected chi connectivity index (χ1v) is 8.46. The maximum Gasteiger partial charge on any atom is 0.325 e. The van der Waals surface area contributed by atoms with Crippen LogP contribution in [-0.2, 0) is 18.1 Å². The van der Waals surface area contributed by atoms with Gasteiger partial charge in [0.25, 0.3) is 0 Å². The molecule has 1 aliphatic heterocycles. The molecular formula is C8H18O5P2. The van der Waals surface area contributed by atoms with Gasteiger partial charge >= 0.3 is 7.60 Å². The van der Waals surface area contributed by atoms with Gasteiger partial charge in [-0.3, -0.25) is 4.57 Å². The molecule has 90 valence electrons. The second-order valence-electron chi connectivity index (χ2n) is 3.92. The van der Waals surface area contributed by atoms with Crippen LogP contribution in [0.4, 0.5) is 0 Å². The Hall–Kier alpha value is 0.500. The van der Waals surface area contributed by atoms with E-state index in [0.717, 1.165) is 6.42 Å². The molecule has 0 aromatic heterocycles. The summed E-state index contributed by atoms with van der Waals surface area (Å²) in [5, 5.41) is 0. The Kier molecular flexibility index (Phi) is 4.72. The summed E-state index contributed by atoms with van der Waals surface area (Å²) in [6.07, 6.45) is 0.802. The SMILES string of the molecule is CCC1(COP(C)(=O)O)COP(C)OC1. The summed E-state index contributed by atoms with van der Waals surface area (Å²) in [7, 11) is -4.19. The summed E-state index contributed by atoms with van der Waals surface area (Å²) >= 11 is 0. The van der Waals surface area contributed by atoms with Crippen molar-refractivity contribution in [3.63, 3.8) is 0 Å². The van der Waals surface area contributed by atoms with Gasteiger partial charge in [-0.25, -0.2) is 0 Å². The first-order valence-electron chi connectivity index (χ1n) is 4.81. The molecular weight excluding hydrogens is 238 g/mol. The summed E-state index contributed by atoms with van der Waals surface area (Å²) in [6, 6.07) is 0. The molecule has 0 radical (unpaired) electrons. The first-order chi connectivity index (χ1) is 6.87. The van der Waals surface area contributed by atoms with Gasteiger partial charge in [-0.2, -0.15) is 0 Å². The molecule has 1 unspecified atom stereocenters. The highest BCUT2D eigenvalue weighted by Gasteiger charge is 2.36. The van der Waals surface area contributed by atoms with E-state index in [2.05, 4.69) is 0 Å². The summed E-state index contributed by atoms with van der Waals surface area (Å²) in [6.45, 7) is 6.35. The summed E-state index contributed by atoms with van der Waals surface area (Å²) in [5.74, 6) is 0. The highest BCUT2D eigenvalue weighted by Crippen LogP contribution is 2.46. The fourth-order valence-electron chi connectivity index (χ4n) is 1.18. The van der Waals surface area contributed by atoms with Gasteiger partial charge < -0.3 is 18.5 Å². The van der Waals surface area contributed by atoms with Crippen LogP contribution in [-0.4, -0.2) is 38.0 Å². The van der Waals surface area contributed by atoms with Gasteiger partial charge in [0, 0.05) is 18.7 Å². The van der Waals surface area contributed by atoms with Crippen molar-refractivity contribution in [3.05, 3.63) is 0 Å². The van der Waals surface area contributed by atoms with E-state index < -0.39 is 16.0 Å². The van der Waals surface area contributed by atoms with Crippen molar-refractivity contribution in [1.82, 2.24) is 0 Å². The molecule has 0 aliphatic carbocycles. The van der Waals surface area contributed by atoms with Gasteiger partial charge in [0.2, 0.25) is 0 Å². The zero-order chi connectivity index (χ0) is 11.5. The lowest BCUT2D eigenvalue weighted by atomic mass is 9.88. The summed E-state index contributed by atoms with van der Waals surface area (Å²) in [5.41, 5.74) is -0.275. The molecule has 1 N–H and O–H groups in total. The topological polar surface area (TPSA) is 65.0 Å².